The first-order chi connectivity index (χ1) is 10.9. The summed E-state index contributed by atoms with van der Waals surface area (Å²) in [5.41, 5.74) is 1.51. The van der Waals surface area contributed by atoms with Crippen LogP contribution in [-0.2, 0) is 10.0 Å². The third-order valence-corrected chi connectivity index (χ3v) is 5.75. The second kappa shape index (κ2) is 5.94. The maximum Gasteiger partial charge on any atom is 0.264 e. The lowest BCUT2D eigenvalue weighted by Crippen LogP contribution is -2.38. The van der Waals surface area contributed by atoms with Crippen LogP contribution in [0, 0.1) is 6.92 Å². The summed E-state index contributed by atoms with van der Waals surface area (Å²) < 4.78 is 37.9. The molecule has 1 heterocycles. The van der Waals surface area contributed by atoms with Crippen molar-refractivity contribution in [2.75, 3.05) is 24.6 Å². The van der Waals surface area contributed by atoms with Gasteiger partial charge in [0.15, 0.2) is 0 Å². The lowest BCUT2D eigenvalue weighted by Gasteiger charge is -2.30. The molecular weight excluding hydrogens is 338 g/mol. The molecule has 3 rings (SSSR count). The molecule has 5 nitrogen and oxygen atoms in total. The standard InChI is InChI=1S/C16H16ClNO4S/c1-11-3-5-16-14(9-11)18(7-8-22-16)23(19,20)12-4-6-15(21-2)13(17)10-12/h3-6,9-10H,7-8H2,1-2H3. The van der Waals surface area contributed by atoms with Crippen molar-refractivity contribution >= 4 is 27.3 Å². The molecule has 1 aliphatic rings. The van der Waals surface area contributed by atoms with Crippen LogP contribution in [0.15, 0.2) is 41.3 Å². The highest BCUT2D eigenvalue weighted by Gasteiger charge is 2.30. The number of benzene rings is 2. The van der Waals surface area contributed by atoms with Crippen molar-refractivity contribution < 1.29 is 17.9 Å². The molecule has 0 aromatic heterocycles. The zero-order valence-corrected chi connectivity index (χ0v) is 14.3. The van der Waals surface area contributed by atoms with Crippen LogP contribution in [0.25, 0.3) is 0 Å². The Morgan fingerprint density at radius 1 is 1.22 bits per heavy atom. The van der Waals surface area contributed by atoms with Crippen LogP contribution in [-0.4, -0.2) is 28.7 Å². The Bertz CT molecular complexity index is 851. The summed E-state index contributed by atoms with van der Waals surface area (Å²) in [6.07, 6.45) is 0. The van der Waals surface area contributed by atoms with E-state index in [2.05, 4.69) is 0 Å². The van der Waals surface area contributed by atoms with Crippen LogP contribution in [0.4, 0.5) is 5.69 Å². The van der Waals surface area contributed by atoms with Crippen LogP contribution in [0.3, 0.4) is 0 Å². The molecular formula is C16H16ClNO4S. The Hall–Kier alpha value is -1.92. The van der Waals surface area contributed by atoms with Gasteiger partial charge in [-0.3, -0.25) is 4.31 Å². The molecule has 0 spiro atoms. The van der Waals surface area contributed by atoms with Crippen molar-refractivity contribution in [3.8, 4) is 11.5 Å². The number of halogens is 1. The summed E-state index contributed by atoms with van der Waals surface area (Å²) >= 11 is 6.07. The third-order valence-electron chi connectivity index (χ3n) is 3.65. The highest BCUT2D eigenvalue weighted by molar-refractivity contribution is 7.92. The molecule has 0 N–H and O–H groups in total. The lowest BCUT2D eigenvalue weighted by atomic mass is 10.2. The van der Waals surface area contributed by atoms with E-state index in [0.717, 1.165) is 5.56 Å². The summed E-state index contributed by atoms with van der Waals surface area (Å²) in [5, 5.41) is 0.256. The number of hydrogen-bond donors (Lipinski definition) is 0. The third kappa shape index (κ3) is 2.84. The number of rotatable bonds is 3. The SMILES string of the molecule is COc1ccc(S(=O)(=O)N2CCOc3ccc(C)cc32)cc1Cl. The predicted octanol–water partition coefficient (Wildman–Crippen LogP) is 3.24. The summed E-state index contributed by atoms with van der Waals surface area (Å²) in [5.74, 6) is 0.994. The van der Waals surface area contributed by atoms with Crippen molar-refractivity contribution in [2.24, 2.45) is 0 Å². The van der Waals surface area contributed by atoms with Crippen LogP contribution >= 0.6 is 11.6 Å². The molecule has 0 aliphatic carbocycles. The average molecular weight is 354 g/mol. The van der Waals surface area contributed by atoms with Gasteiger partial charge < -0.3 is 9.47 Å². The summed E-state index contributed by atoms with van der Waals surface area (Å²) in [6.45, 7) is 2.46. The molecule has 0 atom stereocenters. The number of aryl methyl sites for hydroxylation is 1. The first-order valence-electron chi connectivity index (χ1n) is 7.03. The summed E-state index contributed by atoms with van der Waals surface area (Å²) in [4.78, 5) is 0.123. The minimum Gasteiger partial charge on any atom is -0.495 e. The molecule has 0 saturated heterocycles. The fraction of sp³-hybridized carbons (Fsp3) is 0.250. The van der Waals surface area contributed by atoms with Gasteiger partial charge in [-0.05, 0) is 42.8 Å². The van der Waals surface area contributed by atoms with E-state index in [1.54, 1.807) is 18.2 Å². The molecule has 2 aromatic rings. The average Bonchev–Trinajstić information content (AvgIpc) is 2.54. The van der Waals surface area contributed by atoms with Crippen LogP contribution < -0.4 is 13.8 Å². The predicted molar refractivity (Wildman–Crippen MR) is 89.2 cm³/mol. The number of ether oxygens (including phenoxy) is 2. The van der Waals surface area contributed by atoms with Gasteiger partial charge >= 0.3 is 0 Å². The fourth-order valence-electron chi connectivity index (χ4n) is 2.49. The van der Waals surface area contributed by atoms with Gasteiger partial charge in [0.2, 0.25) is 0 Å². The number of fused-ring (bicyclic) bond motifs is 1. The van der Waals surface area contributed by atoms with E-state index >= 15 is 0 Å². The number of methoxy groups -OCH3 is 1. The number of hydrogen-bond acceptors (Lipinski definition) is 4. The van der Waals surface area contributed by atoms with E-state index in [4.69, 9.17) is 21.1 Å². The molecule has 0 unspecified atom stereocenters. The van der Waals surface area contributed by atoms with Crippen molar-refractivity contribution in [1.29, 1.82) is 0 Å². The minimum absolute atomic E-state index is 0.123. The molecule has 7 heteroatoms. The van der Waals surface area contributed by atoms with Gasteiger partial charge in [0.05, 0.1) is 29.3 Å². The number of anilines is 1. The first-order valence-corrected chi connectivity index (χ1v) is 8.85. The van der Waals surface area contributed by atoms with E-state index in [9.17, 15) is 8.42 Å². The van der Waals surface area contributed by atoms with Crippen molar-refractivity contribution in [2.45, 2.75) is 11.8 Å². The summed E-state index contributed by atoms with van der Waals surface area (Å²) in [6, 6.07) is 9.92. The fourth-order valence-corrected chi connectivity index (χ4v) is 4.29. The molecule has 0 fully saturated rings. The molecule has 1 aliphatic heterocycles. The largest absolute Gasteiger partial charge is 0.495 e. The first kappa shape index (κ1) is 16.0. The van der Waals surface area contributed by atoms with Crippen molar-refractivity contribution in [1.82, 2.24) is 0 Å². The van der Waals surface area contributed by atoms with Gasteiger partial charge in [0.25, 0.3) is 10.0 Å². The van der Waals surface area contributed by atoms with Gasteiger partial charge in [-0.2, -0.15) is 0 Å². The van der Waals surface area contributed by atoms with Crippen molar-refractivity contribution in [3.63, 3.8) is 0 Å². The van der Waals surface area contributed by atoms with Crippen LogP contribution in [0.2, 0.25) is 5.02 Å². The maximum atomic E-state index is 13.0. The van der Waals surface area contributed by atoms with Crippen molar-refractivity contribution in [3.05, 3.63) is 47.0 Å². The lowest BCUT2D eigenvalue weighted by molar-refractivity contribution is 0.315. The normalized spacial score (nSPS) is 14.1. The highest BCUT2D eigenvalue weighted by atomic mass is 35.5. The second-order valence-corrected chi connectivity index (χ2v) is 7.46. The highest BCUT2D eigenvalue weighted by Crippen LogP contribution is 2.37. The van der Waals surface area contributed by atoms with E-state index < -0.39 is 10.0 Å². The monoisotopic (exact) mass is 353 g/mol. The van der Waals surface area contributed by atoms with E-state index in [1.165, 1.54) is 23.5 Å². The van der Waals surface area contributed by atoms with Gasteiger partial charge in [0.1, 0.15) is 18.1 Å². The Kier molecular flexibility index (Phi) is 4.12. The molecule has 0 amide bonds. The minimum atomic E-state index is -3.73. The Labute approximate surface area is 140 Å². The number of nitrogens with zero attached hydrogens (tertiary/aromatic N) is 1. The molecule has 2 aromatic carbocycles. The quantitative estimate of drug-likeness (QED) is 0.850. The second-order valence-electron chi connectivity index (χ2n) is 5.19. The zero-order valence-electron chi connectivity index (χ0n) is 12.7. The topological polar surface area (TPSA) is 55.8 Å². The van der Waals surface area contributed by atoms with E-state index in [-0.39, 0.29) is 16.5 Å². The van der Waals surface area contributed by atoms with Gasteiger partial charge in [0, 0.05) is 0 Å². The van der Waals surface area contributed by atoms with Gasteiger partial charge in [-0.15, -0.1) is 0 Å². The Morgan fingerprint density at radius 2 is 2.00 bits per heavy atom. The van der Waals surface area contributed by atoms with E-state index in [0.29, 0.717) is 23.8 Å². The smallest absolute Gasteiger partial charge is 0.264 e. The Balaban J connectivity index is 2.08. The molecule has 23 heavy (non-hydrogen) atoms. The molecule has 0 radical (unpaired) electrons. The molecule has 122 valence electrons. The van der Waals surface area contributed by atoms with Gasteiger partial charge in [-0.25, -0.2) is 8.42 Å². The van der Waals surface area contributed by atoms with Gasteiger partial charge in [-0.1, -0.05) is 17.7 Å². The van der Waals surface area contributed by atoms with Crippen LogP contribution in [0.1, 0.15) is 5.56 Å². The molecule has 0 saturated carbocycles. The molecule has 0 bridgehead atoms. The Morgan fingerprint density at radius 3 is 2.70 bits per heavy atom. The van der Waals surface area contributed by atoms with E-state index in [1.807, 2.05) is 13.0 Å². The maximum absolute atomic E-state index is 13.0. The zero-order chi connectivity index (χ0) is 16.6. The number of sulfonamides is 1. The van der Waals surface area contributed by atoms with Crippen LogP contribution in [0.5, 0.6) is 11.5 Å². The summed E-state index contributed by atoms with van der Waals surface area (Å²) in [7, 11) is -2.24.